The minimum Gasteiger partial charge on any atom is -0.378 e. The van der Waals surface area contributed by atoms with Crippen molar-refractivity contribution in [2.45, 2.75) is 33.3 Å². The lowest BCUT2D eigenvalue weighted by atomic mass is 10.2. The van der Waals surface area contributed by atoms with Gasteiger partial charge < -0.3 is 10.5 Å². The van der Waals surface area contributed by atoms with Crippen molar-refractivity contribution in [3.63, 3.8) is 0 Å². The third kappa shape index (κ3) is 6.05. The molecule has 0 rings (SSSR count). The van der Waals surface area contributed by atoms with Crippen LogP contribution in [0, 0.1) is 5.92 Å². The molecule has 0 aromatic heterocycles. The van der Waals surface area contributed by atoms with Gasteiger partial charge in [0.25, 0.3) is 0 Å². The van der Waals surface area contributed by atoms with E-state index in [1.165, 1.54) is 0 Å². The summed E-state index contributed by atoms with van der Waals surface area (Å²) < 4.78 is 5.46. The van der Waals surface area contributed by atoms with Gasteiger partial charge in [0.05, 0.1) is 6.10 Å². The Morgan fingerprint density at radius 1 is 1.30 bits per heavy atom. The molecule has 0 unspecified atom stereocenters. The first kappa shape index (κ1) is 9.92. The first-order valence-corrected chi connectivity index (χ1v) is 3.98. The molecule has 0 saturated carbocycles. The van der Waals surface area contributed by atoms with Crippen molar-refractivity contribution in [2.24, 2.45) is 11.7 Å². The summed E-state index contributed by atoms with van der Waals surface area (Å²) in [5, 5.41) is 0. The fraction of sp³-hybridized carbons (Fsp3) is 1.00. The van der Waals surface area contributed by atoms with E-state index in [-0.39, 0.29) is 0 Å². The lowest BCUT2D eigenvalue weighted by Crippen LogP contribution is -2.16. The summed E-state index contributed by atoms with van der Waals surface area (Å²) >= 11 is 0. The standard InChI is InChI=1S/C8H19NO/c1-7(2)6-10-8(3)4-5-9/h7-8H,4-6,9H2,1-3H3/t8-/m0/s1. The molecule has 0 aliphatic rings. The van der Waals surface area contributed by atoms with Crippen LogP contribution in [0.25, 0.3) is 0 Å². The van der Waals surface area contributed by atoms with Gasteiger partial charge in [-0.15, -0.1) is 0 Å². The predicted molar refractivity (Wildman–Crippen MR) is 43.9 cm³/mol. The first-order chi connectivity index (χ1) is 4.66. The summed E-state index contributed by atoms with van der Waals surface area (Å²) in [6.45, 7) is 7.93. The smallest absolute Gasteiger partial charge is 0.0559 e. The van der Waals surface area contributed by atoms with Crippen LogP contribution in [-0.4, -0.2) is 19.3 Å². The lowest BCUT2D eigenvalue weighted by molar-refractivity contribution is 0.0440. The molecule has 0 aliphatic carbocycles. The summed E-state index contributed by atoms with van der Waals surface area (Å²) in [4.78, 5) is 0. The molecule has 0 aromatic rings. The topological polar surface area (TPSA) is 35.2 Å². The molecule has 0 saturated heterocycles. The molecule has 0 bridgehead atoms. The molecule has 2 heteroatoms. The maximum absolute atomic E-state index is 5.46. The van der Waals surface area contributed by atoms with Crippen LogP contribution in [0.1, 0.15) is 27.2 Å². The maximum atomic E-state index is 5.46. The summed E-state index contributed by atoms with van der Waals surface area (Å²) in [7, 11) is 0. The molecule has 0 fully saturated rings. The Morgan fingerprint density at radius 3 is 2.30 bits per heavy atom. The number of hydrogen-bond acceptors (Lipinski definition) is 2. The van der Waals surface area contributed by atoms with Crippen LogP contribution >= 0.6 is 0 Å². The van der Waals surface area contributed by atoms with E-state index in [2.05, 4.69) is 20.8 Å². The van der Waals surface area contributed by atoms with E-state index in [9.17, 15) is 0 Å². The normalized spacial score (nSPS) is 14.1. The Kier molecular flexibility index (Phi) is 5.64. The Morgan fingerprint density at radius 2 is 1.90 bits per heavy atom. The van der Waals surface area contributed by atoms with Gasteiger partial charge in [0.2, 0.25) is 0 Å². The third-order valence-corrected chi connectivity index (χ3v) is 1.29. The second-order valence-electron chi connectivity index (χ2n) is 3.12. The van der Waals surface area contributed by atoms with E-state index >= 15 is 0 Å². The molecule has 0 heterocycles. The SMILES string of the molecule is CC(C)CO[C@@H](C)CCN. The third-order valence-electron chi connectivity index (χ3n) is 1.29. The van der Waals surface area contributed by atoms with Crippen LogP contribution in [-0.2, 0) is 4.74 Å². The zero-order valence-electron chi connectivity index (χ0n) is 7.26. The number of rotatable bonds is 5. The van der Waals surface area contributed by atoms with Crippen LogP contribution in [0.5, 0.6) is 0 Å². The van der Waals surface area contributed by atoms with Gasteiger partial charge in [0.15, 0.2) is 0 Å². The zero-order valence-corrected chi connectivity index (χ0v) is 7.26. The average molecular weight is 145 g/mol. The van der Waals surface area contributed by atoms with Gasteiger partial charge in [0, 0.05) is 6.61 Å². The minimum absolute atomic E-state index is 0.326. The van der Waals surface area contributed by atoms with Gasteiger partial charge in [-0.3, -0.25) is 0 Å². The van der Waals surface area contributed by atoms with Crippen LogP contribution < -0.4 is 5.73 Å². The number of hydrogen-bond donors (Lipinski definition) is 1. The maximum Gasteiger partial charge on any atom is 0.0559 e. The van der Waals surface area contributed by atoms with E-state index in [1.807, 2.05) is 0 Å². The van der Waals surface area contributed by atoms with Crippen LogP contribution in [0.15, 0.2) is 0 Å². The van der Waals surface area contributed by atoms with Crippen molar-refractivity contribution >= 4 is 0 Å². The summed E-state index contributed by atoms with van der Waals surface area (Å²) in [6, 6.07) is 0. The summed E-state index contributed by atoms with van der Waals surface area (Å²) in [6.07, 6.45) is 1.29. The van der Waals surface area contributed by atoms with Gasteiger partial charge in [-0.2, -0.15) is 0 Å². The van der Waals surface area contributed by atoms with E-state index in [0.717, 1.165) is 19.6 Å². The first-order valence-electron chi connectivity index (χ1n) is 3.98. The molecule has 0 aliphatic heterocycles. The predicted octanol–water partition coefficient (Wildman–Crippen LogP) is 1.40. The second-order valence-corrected chi connectivity index (χ2v) is 3.12. The van der Waals surface area contributed by atoms with Crippen LogP contribution in [0.3, 0.4) is 0 Å². The molecule has 0 aromatic carbocycles. The highest BCUT2D eigenvalue weighted by Gasteiger charge is 2.00. The van der Waals surface area contributed by atoms with Crippen LogP contribution in [0.2, 0.25) is 0 Å². The van der Waals surface area contributed by atoms with Crippen molar-refractivity contribution in [3.05, 3.63) is 0 Å². The highest BCUT2D eigenvalue weighted by Crippen LogP contribution is 1.99. The molecular weight excluding hydrogens is 126 g/mol. The van der Waals surface area contributed by atoms with E-state index in [1.54, 1.807) is 0 Å². The highest BCUT2D eigenvalue weighted by molar-refractivity contribution is 4.51. The summed E-state index contributed by atoms with van der Waals surface area (Å²) in [5.74, 6) is 0.625. The fourth-order valence-electron chi connectivity index (χ4n) is 0.675. The van der Waals surface area contributed by atoms with Crippen molar-refractivity contribution < 1.29 is 4.74 Å². The Bertz CT molecular complexity index is 73.7. The van der Waals surface area contributed by atoms with Gasteiger partial charge in [-0.1, -0.05) is 13.8 Å². The molecule has 62 valence electrons. The monoisotopic (exact) mass is 145 g/mol. The molecular formula is C8H19NO. The van der Waals surface area contributed by atoms with Crippen molar-refractivity contribution in [1.29, 1.82) is 0 Å². The van der Waals surface area contributed by atoms with E-state index < -0.39 is 0 Å². The molecule has 2 nitrogen and oxygen atoms in total. The van der Waals surface area contributed by atoms with Crippen LogP contribution in [0.4, 0.5) is 0 Å². The van der Waals surface area contributed by atoms with Gasteiger partial charge in [-0.25, -0.2) is 0 Å². The lowest BCUT2D eigenvalue weighted by Gasteiger charge is -2.13. The van der Waals surface area contributed by atoms with E-state index in [0.29, 0.717) is 12.0 Å². The minimum atomic E-state index is 0.326. The Hall–Kier alpha value is -0.0800. The van der Waals surface area contributed by atoms with Crippen molar-refractivity contribution in [2.75, 3.05) is 13.2 Å². The highest BCUT2D eigenvalue weighted by atomic mass is 16.5. The summed E-state index contributed by atoms with van der Waals surface area (Å²) in [5.41, 5.74) is 5.36. The van der Waals surface area contributed by atoms with Gasteiger partial charge in [-0.05, 0) is 25.8 Å². The largest absolute Gasteiger partial charge is 0.378 e. The van der Waals surface area contributed by atoms with Crippen molar-refractivity contribution in [3.8, 4) is 0 Å². The number of nitrogens with two attached hydrogens (primary N) is 1. The Labute approximate surface area is 63.7 Å². The average Bonchev–Trinajstić information content (AvgIpc) is 1.85. The molecule has 2 N–H and O–H groups in total. The molecule has 0 radical (unpaired) electrons. The quantitative estimate of drug-likeness (QED) is 0.634. The van der Waals surface area contributed by atoms with E-state index in [4.69, 9.17) is 10.5 Å². The zero-order chi connectivity index (χ0) is 7.98. The van der Waals surface area contributed by atoms with Crippen molar-refractivity contribution in [1.82, 2.24) is 0 Å². The molecule has 0 spiro atoms. The fourth-order valence-corrected chi connectivity index (χ4v) is 0.675. The number of ether oxygens (including phenoxy) is 1. The van der Waals surface area contributed by atoms with Gasteiger partial charge in [0.1, 0.15) is 0 Å². The Balaban J connectivity index is 3.12. The molecule has 0 amide bonds. The molecule has 1 atom stereocenters. The van der Waals surface area contributed by atoms with Gasteiger partial charge >= 0.3 is 0 Å². The molecule has 10 heavy (non-hydrogen) atoms. The second kappa shape index (κ2) is 5.69.